The molecule has 0 fully saturated rings. The number of fused-ring (bicyclic) bond motifs is 1. The Morgan fingerprint density at radius 3 is 1.83 bits per heavy atom. The van der Waals surface area contributed by atoms with Crippen LogP contribution in [0, 0.1) is 0 Å². The fraction of sp³-hybridized carbons (Fsp3) is 0. The van der Waals surface area contributed by atoms with Gasteiger partial charge in [-0.3, -0.25) is 0 Å². The number of nitrogens with zero attached hydrogens (tertiary/aromatic N) is 1. The van der Waals surface area contributed by atoms with E-state index in [2.05, 4.69) is 72.8 Å². The van der Waals surface area contributed by atoms with Gasteiger partial charge in [0.1, 0.15) is 0 Å². The predicted octanol–water partition coefficient (Wildman–Crippen LogP) is 5.73. The fourth-order valence-electron chi connectivity index (χ4n) is 2.77. The monoisotopic (exact) mass is 298 g/mol. The Kier molecular flexibility index (Phi) is 4.18. The molecule has 0 radical (unpaired) electrons. The molecular formula is C21H18N2. The number of pyridine rings is 1. The molecule has 0 spiro atoms. The summed E-state index contributed by atoms with van der Waals surface area (Å²) in [5, 5.41) is 1.17. The van der Waals surface area contributed by atoms with Crippen molar-refractivity contribution in [2.24, 2.45) is 0 Å². The molecule has 1 heterocycles. The van der Waals surface area contributed by atoms with Gasteiger partial charge in [-0.05, 0) is 17.7 Å². The van der Waals surface area contributed by atoms with Gasteiger partial charge in [0.15, 0.2) is 0 Å². The van der Waals surface area contributed by atoms with Crippen molar-refractivity contribution in [3.8, 4) is 22.4 Å². The van der Waals surface area contributed by atoms with Gasteiger partial charge in [-0.1, -0.05) is 78.9 Å². The maximum Gasteiger partial charge on any atom is 0.0788 e. The van der Waals surface area contributed by atoms with Crippen molar-refractivity contribution < 1.29 is 0 Å². The average molecular weight is 298 g/mol. The van der Waals surface area contributed by atoms with E-state index < -0.39 is 0 Å². The lowest BCUT2D eigenvalue weighted by molar-refractivity contribution is 1.39. The zero-order valence-electron chi connectivity index (χ0n) is 12.8. The van der Waals surface area contributed by atoms with E-state index >= 15 is 0 Å². The normalized spacial score (nSPS) is 10.3. The summed E-state index contributed by atoms with van der Waals surface area (Å²) in [6.45, 7) is 0. The third kappa shape index (κ3) is 2.85. The SMILES string of the molecule is N.c1ccc(-c2cc3ccccc3nc2-c2ccccc2)cc1. The molecule has 1 aromatic heterocycles. The largest absolute Gasteiger partial charge is 0.344 e. The van der Waals surface area contributed by atoms with Crippen LogP contribution in [0.5, 0.6) is 0 Å². The number of para-hydroxylation sites is 1. The Balaban J connectivity index is 0.00000156. The van der Waals surface area contributed by atoms with Crippen molar-refractivity contribution in [1.29, 1.82) is 0 Å². The highest BCUT2D eigenvalue weighted by atomic mass is 14.7. The smallest absolute Gasteiger partial charge is 0.0788 e. The van der Waals surface area contributed by atoms with Crippen LogP contribution >= 0.6 is 0 Å². The van der Waals surface area contributed by atoms with Crippen LogP contribution in [0.4, 0.5) is 0 Å². The van der Waals surface area contributed by atoms with E-state index in [0.29, 0.717) is 0 Å². The van der Waals surface area contributed by atoms with Crippen LogP contribution in [0.3, 0.4) is 0 Å². The maximum absolute atomic E-state index is 4.92. The Hall–Kier alpha value is -2.97. The van der Waals surface area contributed by atoms with Crippen LogP contribution in [0.25, 0.3) is 33.3 Å². The van der Waals surface area contributed by atoms with Crippen molar-refractivity contribution in [1.82, 2.24) is 11.1 Å². The number of hydrogen-bond acceptors (Lipinski definition) is 2. The maximum atomic E-state index is 4.92. The summed E-state index contributed by atoms with van der Waals surface area (Å²) in [4.78, 5) is 4.92. The van der Waals surface area contributed by atoms with Crippen LogP contribution in [0.2, 0.25) is 0 Å². The molecule has 0 amide bonds. The molecular weight excluding hydrogens is 280 g/mol. The lowest BCUT2D eigenvalue weighted by Gasteiger charge is -2.11. The second-order valence-electron chi connectivity index (χ2n) is 5.31. The van der Waals surface area contributed by atoms with Gasteiger partial charge in [0.05, 0.1) is 11.2 Å². The molecule has 112 valence electrons. The van der Waals surface area contributed by atoms with E-state index in [0.717, 1.165) is 16.8 Å². The summed E-state index contributed by atoms with van der Waals surface area (Å²) >= 11 is 0. The summed E-state index contributed by atoms with van der Waals surface area (Å²) in [6, 6.07) is 31.3. The third-order valence-corrected chi connectivity index (χ3v) is 3.86. The van der Waals surface area contributed by atoms with E-state index in [-0.39, 0.29) is 6.15 Å². The molecule has 2 nitrogen and oxygen atoms in total. The van der Waals surface area contributed by atoms with Crippen LogP contribution in [0.15, 0.2) is 91.0 Å². The first kappa shape index (κ1) is 14.9. The molecule has 2 heteroatoms. The third-order valence-electron chi connectivity index (χ3n) is 3.86. The lowest BCUT2D eigenvalue weighted by Crippen LogP contribution is -1.91. The summed E-state index contributed by atoms with van der Waals surface area (Å²) in [6.07, 6.45) is 0. The number of rotatable bonds is 2. The van der Waals surface area contributed by atoms with Gasteiger partial charge < -0.3 is 6.15 Å². The Morgan fingerprint density at radius 2 is 1.13 bits per heavy atom. The summed E-state index contributed by atoms with van der Waals surface area (Å²) in [5.41, 5.74) is 5.57. The summed E-state index contributed by atoms with van der Waals surface area (Å²) < 4.78 is 0. The van der Waals surface area contributed by atoms with Crippen LogP contribution in [-0.4, -0.2) is 4.98 Å². The summed E-state index contributed by atoms with van der Waals surface area (Å²) in [5.74, 6) is 0. The van der Waals surface area contributed by atoms with Gasteiger partial charge in [0.25, 0.3) is 0 Å². The van der Waals surface area contributed by atoms with E-state index in [4.69, 9.17) is 4.98 Å². The number of hydrogen-bond donors (Lipinski definition) is 1. The topological polar surface area (TPSA) is 47.9 Å². The molecule has 4 aromatic rings. The molecule has 0 aliphatic heterocycles. The molecule has 4 rings (SSSR count). The van der Waals surface area contributed by atoms with Gasteiger partial charge in [0.2, 0.25) is 0 Å². The fourth-order valence-corrected chi connectivity index (χ4v) is 2.77. The van der Waals surface area contributed by atoms with E-state index in [1.54, 1.807) is 0 Å². The molecule has 3 N–H and O–H groups in total. The van der Waals surface area contributed by atoms with Gasteiger partial charge in [0, 0.05) is 16.5 Å². The Morgan fingerprint density at radius 1 is 0.565 bits per heavy atom. The van der Waals surface area contributed by atoms with Gasteiger partial charge >= 0.3 is 0 Å². The molecule has 3 aromatic carbocycles. The van der Waals surface area contributed by atoms with Crippen molar-refractivity contribution >= 4 is 10.9 Å². The molecule has 0 atom stereocenters. The minimum absolute atomic E-state index is 0. The quantitative estimate of drug-likeness (QED) is 0.513. The highest BCUT2D eigenvalue weighted by Crippen LogP contribution is 2.33. The van der Waals surface area contributed by atoms with Crippen molar-refractivity contribution in [3.63, 3.8) is 0 Å². The zero-order chi connectivity index (χ0) is 14.8. The first-order valence-electron chi connectivity index (χ1n) is 7.42. The zero-order valence-corrected chi connectivity index (χ0v) is 12.8. The molecule has 0 aliphatic rings. The van der Waals surface area contributed by atoms with Crippen LogP contribution < -0.4 is 6.15 Å². The molecule has 0 aliphatic carbocycles. The predicted molar refractivity (Wildman–Crippen MR) is 97.6 cm³/mol. The minimum atomic E-state index is 0. The highest BCUT2D eigenvalue weighted by Gasteiger charge is 2.10. The van der Waals surface area contributed by atoms with Crippen molar-refractivity contribution in [3.05, 3.63) is 91.0 Å². The van der Waals surface area contributed by atoms with Crippen LogP contribution in [-0.2, 0) is 0 Å². The molecule has 0 bridgehead atoms. The first-order valence-corrected chi connectivity index (χ1v) is 7.42. The second-order valence-corrected chi connectivity index (χ2v) is 5.31. The Labute approximate surface area is 136 Å². The van der Waals surface area contributed by atoms with E-state index in [1.807, 2.05) is 18.2 Å². The first-order chi connectivity index (χ1) is 10.9. The Bertz CT molecular complexity index is 838. The van der Waals surface area contributed by atoms with Gasteiger partial charge in [-0.15, -0.1) is 0 Å². The van der Waals surface area contributed by atoms with Crippen LogP contribution in [0.1, 0.15) is 0 Å². The van der Waals surface area contributed by atoms with Gasteiger partial charge in [-0.2, -0.15) is 0 Å². The molecule has 0 saturated carbocycles. The summed E-state index contributed by atoms with van der Waals surface area (Å²) in [7, 11) is 0. The number of benzene rings is 3. The van der Waals surface area contributed by atoms with Crippen molar-refractivity contribution in [2.45, 2.75) is 0 Å². The van der Waals surface area contributed by atoms with E-state index in [1.165, 1.54) is 16.5 Å². The molecule has 0 saturated heterocycles. The molecule has 23 heavy (non-hydrogen) atoms. The van der Waals surface area contributed by atoms with Gasteiger partial charge in [-0.25, -0.2) is 4.98 Å². The average Bonchev–Trinajstić information content (AvgIpc) is 2.62. The highest BCUT2D eigenvalue weighted by molar-refractivity contribution is 5.91. The molecule has 0 unspecified atom stereocenters. The van der Waals surface area contributed by atoms with E-state index in [9.17, 15) is 0 Å². The van der Waals surface area contributed by atoms with Crippen molar-refractivity contribution in [2.75, 3.05) is 0 Å². The number of aromatic nitrogens is 1. The second kappa shape index (κ2) is 6.42. The standard InChI is InChI=1S/C21H15N.H3N/c1-3-9-16(10-4-1)19-15-18-13-7-8-14-20(18)22-21(19)17-11-5-2-6-12-17;/h1-15H;1H3. The minimum Gasteiger partial charge on any atom is -0.344 e. The lowest BCUT2D eigenvalue weighted by atomic mass is 9.97.